The van der Waals surface area contributed by atoms with Gasteiger partial charge in [0, 0.05) is 6.42 Å². The predicted octanol–water partition coefficient (Wildman–Crippen LogP) is 3.39. The van der Waals surface area contributed by atoms with E-state index in [4.69, 9.17) is 4.89 Å². The Balaban J connectivity index is 1.82. The Labute approximate surface area is 86.6 Å². The van der Waals surface area contributed by atoms with Crippen LogP contribution in [0.2, 0.25) is 0 Å². The van der Waals surface area contributed by atoms with Crippen LogP contribution in [0, 0.1) is 0 Å². The van der Waals surface area contributed by atoms with E-state index < -0.39 is 0 Å². The summed E-state index contributed by atoms with van der Waals surface area (Å²) in [6.45, 7) is 2.91. The summed E-state index contributed by atoms with van der Waals surface area (Å²) in [4.78, 5) is 9.62. The lowest BCUT2D eigenvalue weighted by Crippen LogP contribution is -2.21. The third kappa shape index (κ3) is 5.58. The molecule has 3 nitrogen and oxygen atoms in total. The summed E-state index contributed by atoms with van der Waals surface area (Å²) in [5.74, 6) is 0. The smallest absolute Gasteiger partial charge is 0.0984 e. The quantitative estimate of drug-likeness (QED) is 0.468. The molecule has 0 amide bonds. The van der Waals surface area contributed by atoms with Gasteiger partial charge in [-0.3, -0.25) is 0 Å². The van der Waals surface area contributed by atoms with Crippen LogP contribution in [0.3, 0.4) is 0 Å². The maximum atomic E-state index is 4.98. The Hall–Kier alpha value is -0.120. The Morgan fingerprint density at radius 2 is 1.86 bits per heavy atom. The van der Waals surface area contributed by atoms with Crippen LogP contribution in [0.1, 0.15) is 58.3 Å². The van der Waals surface area contributed by atoms with Gasteiger partial charge < -0.3 is 0 Å². The first-order chi connectivity index (χ1) is 6.93. The zero-order valence-electron chi connectivity index (χ0n) is 9.17. The molecule has 1 heterocycles. The average Bonchev–Trinajstić information content (AvgIpc) is 2.25. The second-order valence-electron chi connectivity index (χ2n) is 3.95. The van der Waals surface area contributed by atoms with E-state index in [0.717, 1.165) is 12.8 Å². The third-order valence-electron chi connectivity index (χ3n) is 2.63. The van der Waals surface area contributed by atoms with Gasteiger partial charge in [-0.2, -0.15) is 0 Å². The van der Waals surface area contributed by atoms with Crippen LogP contribution in [0.15, 0.2) is 0 Å². The summed E-state index contributed by atoms with van der Waals surface area (Å²) in [6.07, 6.45) is 10.3. The minimum Gasteiger partial charge on any atom is -0.206 e. The standard InChI is InChI=1S/C11H22O3/c1-2-3-4-5-6-7-8-11-9-10-12-14-13-11/h11H,2-10H2,1H3. The molecule has 0 N–H and O–H groups in total. The van der Waals surface area contributed by atoms with Gasteiger partial charge >= 0.3 is 0 Å². The molecule has 1 aliphatic rings. The fourth-order valence-corrected chi connectivity index (χ4v) is 1.69. The van der Waals surface area contributed by atoms with E-state index in [1.807, 2.05) is 0 Å². The number of hydrogen-bond donors (Lipinski definition) is 0. The van der Waals surface area contributed by atoms with Crippen molar-refractivity contribution < 1.29 is 14.8 Å². The molecule has 14 heavy (non-hydrogen) atoms. The maximum absolute atomic E-state index is 4.98. The number of rotatable bonds is 7. The lowest BCUT2D eigenvalue weighted by Gasteiger charge is -2.19. The van der Waals surface area contributed by atoms with Gasteiger partial charge in [0.25, 0.3) is 0 Å². The molecule has 0 radical (unpaired) electrons. The van der Waals surface area contributed by atoms with Crippen molar-refractivity contribution in [1.29, 1.82) is 0 Å². The van der Waals surface area contributed by atoms with E-state index in [-0.39, 0.29) is 6.10 Å². The molecule has 1 fully saturated rings. The van der Waals surface area contributed by atoms with Gasteiger partial charge in [0.1, 0.15) is 0 Å². The second-order valence-corrected chi connectivity index (χ2v) is 3.95. The molecule has 3 heteroatoms. The first-order valence-electron chi connectivity index (χ1n) is 5.88. The zero-order chi connectivity index (χ0) is 10.1. The third-order valence-corrected chi connectivity index (χ3v) is 2.63. The molecule has 1 unspecified atom stereocenters. The van der Waals surface area contributed by atoms with Crippen LogP contribution < -0.4 is 0 Å². The van der Waals surface area contributed by atoms with Crippen LogP contribution in [-0.4, -0.2) is 12.7 Å². The van der Waals surface area contributed by atoms with Gasteiger partial charge in [0.05, 0.1) is 12.7 Å². The van der Waals surface area contributed by atoms with Crippen molar-refractivity contribution in [2.45, 2.75) is 64.4 Å². The Morgan fingerprint density at radius 1 is 1.07 bits per heavy atom. The highest BCUT2D eigenvalue weighted by atomic mass is 17.5. The van der Waals surface area contributed by atoms with E-state index in [1.54, 1.807) is 0 Å². The Kier molecular flexibility index (Phi) is 7.01. The van der Waals surface area contributed by atoms with E-state index in [2.05, 4.69) is 16.8 Å². The lowest BCUT2D eigenvalue weighted by atomic mass is 10.1. The van der Waals surface area contributed by atoms with Crippen molar-refractivity contribution in [2.24, 2.45) is 0 Å². The maximum Gasteiger partial charge on any atom is 0.0984 e. The summed E-state index contributed by atoms with van der Waals surface area (Å²) >= 11 is 0. The Bertz CT molecular complexity index is 122. The van der Waals surface area contributed by atoms with Crippen molar-refractivity contribution in [3.63, 3.8) is 0 Å². The minimum atomic E-state index is 0.259. The van der Waals surface area contributed by atoms with Crippen molar-refractivity contribution in [2.75, 3.05) is 6.61 Å². The molecule has 0 saturated carbocycles. The van der Waals surface area contributed by atoms with Gasteiger partial charge in [-0.15, -0.1) is 0 Å². The molecule has 0 spiro atoms. The van der Waals surface area contributed by atoms with Gasteiger partial charge in [0.15, 0.2) is 0 Å². The number of unbranched alkanes of at least 4 members (excludes halogenated alkanes) is 5. The van der Waals surface area contributed by atoms with Crippen molar-refractivity contribution in [3.05, 3.63) is 0 Å². The van der Waals surface area contributed by atoms with Gasteiger partial charge in [0.2, 0.25) is 0 Å². The fourth-order valence-electron chi connectivity index (χ4n) is 1.69. The molecule has 1 atom stereocenters. The fraction of sp³-hybridized carbons (Fsp3) is 1.00. The molecular weight excluding hydrogens is 180 g/mol. The molecule has 1 rings (SSSR count). The van der Waals surface area contributed by atoms with E-state index in [1.165, 1.54) is 38.5 Å². The van der Waals surface area contributed by atoms with Crippen molar-refractivity contribution in [3.8, 4) is 0 Å². The molecule has 0 aromatic rings. The number of hydrogen-bond acceptors (Lipinski definition) is 3. The van der Waals surface area contributed by atoms with E-state index in [0.29, 0.717) is 6.61 Å². The first kappa shape index (κ1) is 12.0. The van der Waals surface area contributed by atoms with Crippen molar-refractivity contribution >= 4 is 0 Å². The van der Waals surface area contributed by atoms with Crippen molar-refractivity contribution in [1.82, 2.24) is 0 Å². The summed E-state index contributed by atoms with van der Waals surface area (Å²) in [5, 5.41) is 4.48. The van der Waals surface area contributed by atoms with Crippen LogP contribution in [-0.2, 0) is 14.8 Å². The average molecular weight is 202 g/mol. The minimum absolute atomic E-state index is 0.259. The van der Waals surface area contributed by atoms with Crippen LogP contribution in [0.5, 0.6) is 0 Å². The summed E-state index contributed by atoms with van der Waals surface area (Å²) in [6, 6.07) is 0. The highest BCUT2D eigenvalue weighted by molar-refractivity contribution is 4.57. The molecule has 1 aliphatic heterocycles. The topological polar surface area (TPSA) is 27.7 Å². The highest BCUT2D eigenvalue weighted by Crippen LogP contribution is 2.15. The molecule has 0 bridgehead atoms. The van der Waals surface area contributed by atoms with Gasteiger partial charge in [-0.25, -0.2) is 9.78 Å². The normalized spacial score (nSPS) is 22.5. The molecule has 0 aromatic heterocycles. The molecule has 84 valence electrons. The largest absolute Gasteiger partial charge is 0.206 e. The Morgan fingerprint density at radius 3 is 2.57 bits per heavy atom. The molecule has 0 aromatic carbocycles. The summed E-state index contributed by atoms with van der Waals surface area (Å²) in [5.41, 5.74) is 0. The lowest BCUT2D eigenvalue weighted by molar-refractivity contribution is -0.549. The van der Waals surface area contributed by atoms with Crippen LogP contribution >= 0.6 is 0 Å². The van der Waals surface area contributed by atoms with Gasteiger partial charge in [-0.05, 0) is 6.42 Å². The first-order valence-corrected chi connectivity index (χ1v) is 5.88. The molecule has 1 saturated heterocycles. The van der Waals surface area contributed by atoms with E-state index >= 15 is 0 Å². The van der Waals surface area contributed by atoms with Crippen LogP contribution in [0.25, 0.3) is 0 Å². The highest BCUT2D eigenvalue weighted by Gasteiger charge is 2.15. The van der Waals surface area contributed by atoms with Gasteiger partial charge in [-0.1, -0.05) is 50.5 Å². The molecular formula is C11H22O3. The SMILES string of the molecule is CCCCCCCCC1CCOOO1. The molecule has 0 aliphatic carbocycles. The summed E-state index contributed by atoms with van der Waals surface area (Å²) < 4.78 is 0. The zero-order valence-corrected chi connectivity index (χ0v) is 9.17. The monoisotopic (exact) mass is 202 g/mol. The second kappa shape index (κ2) is 8.21. The van der Waals surface area contributed by atoms with E-state index in [9.17, 15) is 0 Å². The predicted molar refractivity (Wildman–Crippen MR) is 54.5 cm³/mol. The summed E-state index contributed by atoms with van der Waals surface area (Å²) in [7, 11) is 0. The van der Waals surface area contributed by atoms with Crippen LogP contribution in [0.4, 0.5) is 0 Å².